The number of amides is 1. The molecule has 3 aromatic rings. The lowest BCUT2D eigenvalue weighted by Gasteiger charge is -2.09. The Morgan fingerprint density at radius 1 is 1.04 bits per heavy atom. The monoisotopic (exact) mass is 379 g/mol. The van der Waals surface area contributed by atoms with E-state index in [1.807, 2.05) is 31.2 Å². The summed E-state index contributed by atoms with van der Waals surface area (Å²) >= 11 is 0. The van der Waals surface area contributed by atoms with Crippen LogP contribution in [0.1, 0.15) is 22.8 Å². The maximum Gasteiger partial charge on any atom is 0.252 e. The molecule has 1 aromatic heterocycles. The highest BCUT2D eigenvalue weighted by molar-refractivity contribution is 5.94. The summed E-state index contributed by atoms with van der Waals surface area (Å²) in [4.78, 5) is 16.5. The molecule has 0 aliphatic heterocycles. The molecule has 5 nitrogen and oxygen atoms in total. The number of aromatic nitrogens is 1. The Morgan fingerprint density at radius 3 is 2.43 bits per heavy atom. The number of ether oxygens (including phenoxy) is 1. The minimum atomic E-state index is -0.266. The van der Waals surface area contributed by atoms with Crippen LogP contribution in [0.3, 0.4) is 0 Å². The number of halogens is 1. The van der Waals surface area contributed by atoms with Crippen LogP contribution < -0.4 is 15.4 Å². The van der Waals surface area contributed by atoms with Crippen molar-refractivity contribution in [3.05, 3.63) is 83.8 Å². The fraction of sp³-hybridized carbons (Fsp3) is 0.182. The summed E-state index contributed by atoms with van der Waals surface area (Å²) in [5, 5.41) is 6.02. The van der Waals surface area contributed by atoms with E-state index in [2.05, 4.69) is 15.6 Å². The highest BCUT2D eigenvalue weighted by Gasteiger charge is 2.06. The summed E-state index contributed by atoms with van der Waals surface area (Å²) in [5.41, 5.74) is 2.33. The van der Waals surface area contributed by atoms with Crippen molar-refractivity contribution in [3.8, 4) is 5.75 Å². The van der Waals surface area contributed by atoms with E-state index in [9.17, 15) is 9.18 Å². The van der Waals surface area contributed by atoms with Gasteiger partial charge in [0.15, 0.2) is 0 Å². The Labute approximate surface area is 163 Å². The second-order valence-corrected chi connectivity index (χ2v) is 6.15. The third kappa shape index (κ3) is 5.54. The molecular formula is C22H22FN3O2. The number of pyridine rings is 1. The molecular weight excluding hydrogens is 357 g/mol. The summed E-state index contributed by atoms with van der Waals surface area (Å²) in [5.74, 6) is 1.00. The van der Waals surface area contributed by atoms with E-state index in [0.29, 0.717) is 31.0 Å². The maximum atomic E-state index is 12.9. The van der Waals surface area contributed by atoms with Gasteiger partial charge in [-0.1, -0.05) is 12.1 Å². The van der Waals surface area contributed by atoms with Crippen LogP contribution in [0.25, 0.3) is 0 Å². The first-order valence-corrected chi connectivity index (χ1v) is 9.12. The molecule has 0 saturated heterocycles. The fourth-order valence-electron chi connectivity index (χ4n) is 2.62. The van der Waals surface area contributed by atoms with Crippen molar-refractivity contribution in [3.63, 3.8) is 0 Å². The first-order valence-electron chi connectivity index (χ1n) is 9.12. The van der Waals surface area contributed by atoms with Gasteiger partial charge in [-0.15, -0.1) is 0 Å². The van der Waals surface area contributed by atoms with Gasteiger partial charge in [-0.2, -0.15) is 0 Å². The van der Waals surface area contributed by atoms with Crippen LogP contribution in [0, 0.1) is 5.82 Å². The number of carbonyl (C=O) groups is 1. The lowest BCUT2D eigenvalue weighted by Crippen LogP contribution is -2.25. The molecule has 0 unspecified atom stereocenters. The van der Waals surface area contributed by atoms with Crippen molar-refractivity contribution in [1.29, 1.82) is 0 Å². The molecule has 144 valence electrons. The molecule has 0 fully saturated rings. The van der Waals surface area contributed by atoms with Crippen LogP contribution in [-0.4, -0.2) is 24.0 Å². The molecule has 0 aliphatic rings. The Balaban J connectivity index is 1.50. The minimum Gasteiger partial charge on any atom is -0.494 e. The molecule has 0 bridgehead atoms. The number of benzene rings is 2. The van der Waals surface area contributed by atoms with Gasteiger partial charge in [-0.25, -0.2) is 9.37 Å². The van der Waals surface area contributed by atoms with Gasteiger partial charge < -0.3 is 15.4 Å². The zero-order valence-electron chi connectivity index (χ0n) is 15.6. The molecule has 28 heavy (non-hydrogen) atoms. The SMILES string of the molecule is CCOc1ccc(Nc2ccc(C(=O)NCCc3ccc(F)cc3)cn2)cc1. The van der Waals surface area contributed by atoms with E-state index < -0.39 is 0 Å². The van der Waals surface area contributed by atoms with Gasteiger partial charge in [0.25, 0.3) is 5.91 Å². The number of rotatable bonds is 8. The average molecular weight is 379 g/mol. The van der Waals surface area contributed by atoms with Gasteiger partial charge in [0.2, 0.25) is 0 Å². The van der Waals surface area contributed by atoms with Gasteiger partial charge in [-0.3, -0.25) is 4.79 Å². The van der Waals surface area contributed by atoms with E-state index in [4.69, 9.17) is 4.74 Å². The van der Waals surface area contributed by atoms with Crippen LogP contribution in [-0.2, 0) is 6.42 Å². The molecule has 6 heteroatoms. The van der Waals surface area contributed by atoms with Gasteiger partial charge in [0.05, 0.1) is 12.2 Å². The quantitative estimate of drug-likeness (QED) is 0.611. The summed E-state index contributed by atoms with van der Waals surface area (Å²) in [6.07, 6.45) is 2.17. The normalized spacial score (nSPS) is 10.4. The molecule has 0 radical (unpaired) electrons. The molecule has 0 atom stereocenters. The molecule has 2 aromatic carbocycles. The van der Waals surface area contributed by atoms with Crippen LogP contribution in [0.2, 0.25) is 0 Å². The van der Waals surface area contributed by atoms with Crippen LogP contribution in [0.15, 0.2) is 66.9 Å². The lowest BCUT2D eigenvalue weighted by atomic mass is 10.1. The van der Waals surface area contributed by atoms with E-state index in [1.54, 1.807) is 24.3 Å². The van der Waals surface area contributed by atoms with Crippen LogP contribution in [0.5, 0.6) is 5.75 Å². The van der Waals surface area contributed by atoms with Crippen LogP contribution in [0.4, 0.5) is 15.9 Å². The molecule has 2 N–H and O–H groups in total. The molecule has 3 rings (SSSR count). The Bertz CT molecular complexity index is 895. The average Bonchev–Trinajstić information content (AvgIpc) is 2.72. The van der Waals surface area contributed by atoms with Gasteiger partial charge >= 0.3 is 0 Å². The number of nitrogens with one attached hydrogen (secondary N) is 2. The smallest absolute Gasteiger partial charge is 0.252 e. The summed E-state index contributed by atoms with van der Waals surface area (Å²) in [6.45, 7) is 3.04. The lowest BCUT2D eigenvalue weighted by molar-refractivity contribution is 0.0954. The topological polar surface area (TPSA) is 63.2 Å². The van der Waals surface area contributed by atoms with Crippen molar-refractivity contribution in [1.82, 2.24) is 10.3 Å². The first kappa shape index (κ1) is 19.4. The fourth-order valence-corrected chi connectivity index (χ4v) is 2.62. The number of carbonyl (C=O) groups excluding carboxylic acids is 1. The van der Waals surface area contributed by atoms with Gasteiger partial charge in [0, 0.05) is 18.4 Å². The maximum absolute atomic E-state index is 12.9. The zero-order valence-corrected chi connectivity index (χ0v) is 15.6. The highest BCUT2D eigenvalue weighted by atomic mass is 19.1. The number of anilines is 2. The molecule has 1 amide bonds. The third-order valence-corrected chi connectivity index (χ3v) is 4.08. The van der Waals surface area contributed by atoms with Crippen molar-refractivity contribution < 1.29 is 13.9 Å². The summed E-state index contributed by atoms with van der Waals surface area (Å²) < 4.78 is 18.3. The zero-order chi connectivity index (χ0) is 19.8. The number of hydrogen-bond acceptors (Lipinski definition) is 4. The molecule has 0 saturated carbocycles. The van der Waals surface area contributed by atoms with Crippen molar-refractivity contribution in [2.75, 3.05) is 18.5 Å². The Hall–Kier alpha value is -3.41. The van der Waals surface area contributed by atoms with E-state index in [1.165, 1.54) is 18.3 Å². The number of hydrogen-bond donors (Lipinski definition) is 2. The second kappa shape index (κ2) is 9.50. The van der Waals surface area contributed by atoms with E-state index in [-0.39, 0.29) is 11.7 Å². The van der Waals surface area contributed by atoms with Crippen LogP contribution >= 0.6 is 0 Å². The van der Waals surface area contributed by atoms with E-state index >= 15 is 0 Å². The van der Waals surface area contributed by atoms with Crippen molar-refractivity contribution >= 4 is 17.4 Å². The largest absolute Gasteiger partial charge is 0.494 e. The van der Waals surface area contributed by atoms with Gasteiger partial charge in [0.1, 0.15) is 17.4 Å². The predicted molar refractivity (Wildman–Crippen MR) is 108 cm³/mol. The van der Waals surface area contributed by atoms with E-state index in [0.717, 1.165) is 17.0 Å². The van der Waals surface area contributed by atoms with Gasteiger partial charge in [-0.05, 0) is 67.4 Å². The first-order chi connectivity index (χ1) is 13.6. The van der Waals surface area contributed by atoms with Crippen molar-refractivity contribution in [2.24, 2.45) is 0 Å². The molecule has 0 spiro atoms. The third-order valence-electron chi connectivity index (χ3n) is 4.08. The summed E-state index contributed by atoms with van der Waals surface area (Å²) in [7, 11) is 0. The molecule has 1 heterocycles. The molecule has 0 aliphatic carbocycles. The standard InChI is InChI=1S/C22H22FN3O2/c1-2-28-20-10-8-19(9-11-20)26-21-12-5-17(15-25-21)22(27)24-14-13-16-3-6-18(23)7-4-16/h3-12,15H,2,13-14H2,1H3,(H,24,27)(H,25,26). The highest BCUT2D eigenvalue weighted by Crippen LogP contribution is 2.19. The Kier molecular flexibility index (Phi) is 6.57. The summed E-state index contributed by atoms with van der Waals surface area (Å²) in [6, 6.07) is 17.3. The predicted octanol–water partition coefficient (Wildman–Crippen LogP) is 4.34. The van der Waals surface area contributed by atoms with Crippen molar-refractivity contribution in [2.45, 2.75) is 13.3 Å². The minimum absolute atomic E-state index is 0.192. The number of nitrogens with zero attached hydrogens (tertiary/aromatic N) is 1. The Morgan fingerprint density at radius 2 is 1.79 bits per heavy atom. The second-order valence-electron chi connectivity index (χ2n) is 6.15.